The number of aliphatic carboxylic acids is 1. The maximum atomic E-state index is 12.6. The number of hydrogen-bond donors (Lipinski definition) is 1. The predicted octanol–water partition coefficient (Wildman–Crippen LogP) is 1.79. The van der Waals surface area contributed by atoms with Gasteiger partial charge in [-0.05, 0) is 25.2 Å². The van der Waals surface area contributed by atoms with Crippen LogP contribution in [0.2, 0.25) is 0 Å². The number of rotatable bonds is 3. The summed E-state index contributed by atoms with van der Waals surface area (Å²) in [6.45, 7) is 4.55. The average molecular weight is 298 g/mol. The lowest BCUT2D eigenvalue weighted by molar-refractivity contribution is -0.147. The molecule has 2 amide bonds. The topological polar surface area (TPSA) is 70.1 Å². The van der Waals surface area contributed by atoms with Crippen molar-refractivity contribution in [2.45, 2.75) is 45.1 Å². The highest BCUT2D eigenvalue weighted by atomic mass is 16.5. The molecule has 0 radical (unpaired) electrons. The number of nitrogens with zero attached hydrogens (tertiary/aromatic N) is 2. The molecule has 0 aromatic carbocycles. The van der Waals surface area contributed by atoms with Crippen LogP contribution in [0.25, 0.3) is 0 Å². The van der Waals surface area contributed by atoms with E-state index in [2.05, 4.69) is 6.92 Å². The molecule has 6 nitrogen and oxygen atoms in total. The Morgan fingerprint density at radius 1 is 1.24 bits per heavy atom. The quantitative estimate of drug-likeness (QED) is 0.862. The number of hydrogen-bond acceptors (Lipinski definition) is 3. The van der Waals surface area contributed by atoms with Gasteiger partial charge in [0.05, 0.1) is 13.2 Å². The van der Waals surface area contributed by atoms with Crippen LogP contribution < -0.4 is 0 Å². The van der Waals surface area contributed by atoms with Gasteiger partial charge in [-0.1, -0.05) is 19.8 Å². The minimum Gasteiger partial charge on any atom is -0.480 e. The highest BCUT2D eigenvalue weighted by Crippen LogP contribution is 2.23. The van der Waals surface area contributed by atoms with Gasteiger partial charge in [-0.3, -0.25) is 0 Å². The van der Waals surface area contributed by atoms with Crippen LogP contribution in [0.4, 0.5) is 4.79 Å². The monoisotopic (exact) mass is 298 g/mol. The van der Waals surface area contributed by atoms with E-state index in [1.54, 1.807) is 0 Å². The molecular formula is C15H26N2O4. The summed E-state index contributed by atoms with van der Waals surface area (Å²) in [6, 6.07) is -0.983. The molecule has 1 N–H and O–H groups in total. The van der Waals surface area contributed by atoms with Gasteiger partial charge in [0.2, 0.25) is 0 Å². The fraction of sp³-hybridized carbons (Fsp3) is 0.867. The van der Waals surface area contributed by atoms with Gasteiger partial charge >= 0.3 is 12.0 Å². The van der Waals surface area contributed by atoms with Gasteiger partial charge in [0.1, 0.15) is 0 Å². The molecule has 120 valence electrons. The Balaban J connectivity index is 1.96. The van der Waals surface area contributed by atoms with Crippen molar-refractivity contribution in [1.29, 1.82) is 0 Å². The van der Waals surface area contributed by atoms with Crippen molar-refractivity contribution >= 4 is 12.0 Å². The summed E-state index contributed by atoms with van der Waals surface area (Å²) in [5.41, 5.74) is 0. The lowest BCUT2D eigenvalue weighted by atomic mass is 9.96. The van der Waals surface area contributed by atoms with E-state index in [4.69, 9.17) is 4.74 Å². The van der Waals surface area contributed by atoms with Crippen LogP contribution in [0.1, 0.15) is 39.0 Å². The minimum atomic E-state index is -0.985. The van der Waals surface area contributed by atoms with Gasteiger partial charge in [0.15, 0.2) is 6.04 Å². The molecule has 0 spiro atoms. The molecule has 2 atom stereocenters. The zero-order valence-corrected chi connectivity index (χ0v) is 12.8. The molecule has 21 heavy (non-hydrogen) atoms. The Morgan fingerprint density at radius 3 is 2.76 bits per heavy atom. The fourth-order valence-corrected chi connectivity index (χ4v) is 3.27. The van der Waals surface area contributed by atoms with Gasteiger partial charge < -0.3 is 19.6 Å². The third kappa shape index (κ3) is 4.09. The molecule has 0 bridgehead atoms. The smallest absolute Gasteiger partial charge is 0.328 e. The average Bonchev–Trinajstić information content (AvgIpc) is 2.72. The Kier molecular flexibility index (Phi) is 5.85. The van der Waals surface area contributed by atoms with E-state index >= 15 is 0 Å². The van der Waals surface area contributed by atoms with Crippen molar-refractivity contribution in [2.24, 2.45) is 5.92 Å². The first-order chi connectivity index (χ1) is 10.1. The molecule has 0 aromatic rings. The van der Waals surface area contributed by atoms with E-state index in [0.717, 1.165) is 25.9 Å². The van der Waals surface area contributed by atoms with Crippen molar-refractivity contribution < 1.29 is 19.4 Å². The summed E-state index contributed by atoms with van der Waals surface area (Å²) in [6.07, 6.45) is 5.61. The van der Waals surface area contributed by atoms with Crippen LogP contribution in [0.15, 0.2) is 0 Å². The predicted molar refractivity (Wildman–Crippen MR) is 78.2 cm³/mol. The van der Waals surface area contributed by atoms with Crippen LogP contribution >= 0.6 is 0 Å². The molecular weight excluding hydrogens is 272 g/mol. The Labute approximate surface area is 126 Å². The Hall–Kier alpha value is -1.30. The van der Waals surface area contributed by atoms with Gasteiger partial charge in [-0.15, -0.1) is 0 Å². The largest absolute Gasteiger partial charge is 0.480 e. The molecule has 2 heterocycles. The zero-order valence-electron chi connectivity index (χ0n) is 12.8. The van der Waals surface area contributed by atoms with Crippen molar-refractivity contribution in [3.8, 4) is 0 Å². The maximum Gasteiger partial charge on any atom is 0.328 e. The van der Waals surface area contributed by atoms with Crippen molar-refractivity contribution in [1.82, 2.24) is 9.80 Å². The van der Waals surface area contributed by atoms with Gasteiger partial charge in [0, 0.05) is 19.6 Å². The van der Waals surface area contributed by atoms with Gasteiger partial charge in [0.25, 0.3) is 0 Å². The fourth-order valence-electron chi connectivity index (χ4n) is 3.27. The van der Waals surface area contributed by atoms with E-state index < -0.39 is 12.0 Å². The molecule has 2 unspecified atom stereocenters. The van der Waals surface area contributed by atoms with Gasteiger partial charge in [-0.25, -0.2) is 9.59 Å². The summed E-state index contributed by atoms with van der Waals surface area (Å²) in [5.74, 6) is -0.283. The number of ether oxygens (including phenoxy) is 1. The van der Waals surface area contributed by atoms with Crippen molar-refractivity contribution in [3.63, 3.8) is 0 Å². The number of amides is 2. The summed E-state index contributed by atoms with van der Waals surface area (Å²) >= 11 is 0. The van der Waals surface area contributed by atoms with E-state index in [1.807, 2.05) is 4.90 Å². The number of likely N-dealkylation sites (tertiary alicyclic amines) is 1. The zero-order chi connectivity index (χ0) is 15.2. The standard InChI is InChI=1S/C15H26N2O4/c1-2-4-12-5-3-7-16(8-6-12)15(20)17-9-10-21-11-13(17)14(18)19/h12-13H,2-11H2,1H3,(H,18,19). The molecule has 2 fully saturated rings. The van der Waals surface area contributed by atoms with Crippen LogP contribution in [0, 0.1) is 5.92 Å². The van der Waals surface area contributed by atoms with Crippen LogP contribution in [-0.4, -0.2) is 65.8 Å². The Morgan fingerprint density at radius 2 is 2.05 bits per heavy atom. The highest BCUT2D eigenvalue weighted by Gasteiger charge is 2.35. The second-order valence-electron chi connectivity index (χ2n) is 5.98. The number of morpholine rings is 1. The molecule has 2 aliphatic heterocycles. The van der Waals surface area contributed by atoms with E-state index in [0.29, 0.717) is 19.1 Å². The minimum absolute atomic E-state index is 0.0906. The van der Waals surface area contributed by atoms with Gasteiger partial charge in [-0.2, -0.15) is 0 Å². The maximum absolute atomic E-state index is 12.6. The number of carboxylic acids is 1. The molecule has 6 heteroatoms. The summed E-state index contributed by atoms with van der Waals surface area (Å²) < 4.78 is 5.19. The van der Waals surface area contributed by atoms with E-state index in [9.17, 15) is 14.7 Å². The molecule has 0 aliphatic carbocycles. The highest BCUT2D eigenvalue weighted by molar-refractivity contribution is 5.83. The number of carbonyl (C=O) groups is 2. The van der Waals surface area contributed by atoms with Crippen LogP contribution in [0.3, 0.4) is 0 Å². The summed E-state index contributed by atoms with van der Waals surface area (Å²) in [4.78, 5) is 27.2. The number of carboxylic acid groups (broad SMARTS) is 1. The molecule has 0 aromatic heterocycles. The molecule has 0 saturated carbocycles. The molecule has 2 saturated heterocycles. The lowest BCUT2D eigenvalue weighted by Gasteiger charge is -2.36. The lowest BCUT2D eigenvalue weighted by Crippen LogP contribution is -2.56. The number of urea groups is 1. The van der Waals surface area contributed by atoms with Crippen LogP contribution in [-0.2, 0) is 9.53 Å². The third-order valence-corrected chi connectivity index (χ3v) is 4.47. The second kappa shape index (κ2) is 7.64. The van der Waals surface area contributed by atoms with E-state index in [-0.39, 0.29) is 12.6 Å². The normalized spacial score (nSPS) is 27.3. The first kappa shape index (κ1) is 16.1. The van der Waals surface area contributed by atoms with E-state index in [1.165, 1.54) is 24.2 Å². The molecule has 2 aliphatic rings. The first-order valence-corrected chi connectivity index (χ1v) is 7.99. The number of carbonyl (C=O) groups excluding carboxylic acids is 1. The Bertz CT molecular complexity index is 375. The molecule has 2 rings (SSSR count). The first-order valence-electron chi connectivity index (χ1n) is 7.99. The SMILES string of the molecule is CCCC1CCCN(C(=O)N2CCOCC2C(=O)O)CC1. The summed E-state index contributed by atoms with van der Waals surface area (Å²) in [5, 5.41) is 9.23. The van der Waals surface area contributed by atoms with Crippen molar-refractivity contribution in [3.05, 3.63) is 0 Å². The van der Waals surface area contributed by atoms with Crippen molar-refractivity contribution in [2.75, 3.05) is 32.8 Å². The third-order valence-electron chi connectivity index (χ3n) is 4.47. The second-order valence-corrected chi connectivity index (χ2v) is 5.98. The van der Waals surface area contributed by atoms with Crippen LogP contribution in [0.5, 0.6) is 0 Å². The summed E-state index contributed by atoms with van der Waals surface area (Å²) in [7, 11) is 0.